The van der Waals surface area contributed by atoms with E-state index in [9.17, 15) is 19.8 Å². The predicted molar refractivity (Wildman–Crippen MR) is 119 cm³/mol. The van der Waals surface area contributed by atoms with Crippen molar-refractivity contribution in [3.63, 3.8) is 0 Å². The molecule has 2 amide bonds. The van der Waals surface area contributed by atoms with Crippen molar-refractivity contribution in [2.45, 2.75) is 36.9 Å². The van der Waals surface area contributed by atoms with Crippen LogP contribution in [0.4, 0.5) is 5.69 Å². The van der Waals surface area contributed by atoms with Crippen LogP contribution in [0.3, 0.4) is 0 Å². The van der Waals surface area contributed by atoms with Crippen molar-refractivity contribution in [3.8, 4) is 11.5 Å². The molecule has 8 N–H and O–H groups in total. The molecular weight excluding hydrogens is 418 g/mol. The first-order valence-electron chi connectivity index (χ1n) is 9.94. The molecule has 1 atom stereocenters. The lowest BCUT2D eigenvalue weighted by Gasteiger charge is -2.14. The summed E-state index contributed by atoms with van der Waals surface area (Å²) in [6.45, 7) is 2.62. The van der Waals surface area contributed by atoms with Crippen LogP contribution < -0.4 is 22.1 Å². The summed E-state index contributed by atoms with van der Waals surface area (Å²) in [4.78, 5) is 23.2. The lowest BCUT2D eigenvalue weighted by Crippen LogP contribution is -2.43. The number of fused-ring (bicyclic) bond motifs is 1. The number of amides is 2. The van der Waals surface area contributed by atoms with Crippen molar-refractivity contribution in [1.82, 2.24) is 9.62 Å². The number of hydrogen-bond donors (Lipinski definition) is 6. The molecule has 0 aliphatic carbocycles. The van der Waals surface area contributed by atoms with Crippen LogP contribution in [-0.4, -0.2) is 45.5 Å². The minimum absolute atomic E-state index is 0.0374. The average Bonchev–Trinajstić information content (AvgIpc) is 3.11. The molecule has 10 heteroatoms. The summed E-state index contributed by atoms with van der Waals surface area (Å²) in [5, 5.41) is 25.4. The Morgan fingerprint density at radius 1 is 1.10 bits per heavy atom. The SMILES string of the molecule is NC(=O)CC(N)C(=O)NCCCNc1ccc2c(c1)CN(Sc1ccc(O)cc1O)C2. The third-order valence-corrected chi connectivity index (χ3v) is 5.87. The summed E-state index contributed by atoms with van der Waals surface area (Å²) in [5.41, 5.74) is 14.1. The lowest BCUT2D eigenvalue weighted by atomic mass is 10.1. The highest BCUT2D eigenvalue weighted by Gasteiger charge is 2.21. The topological polar surface area (TPSA) is 154 Å². The summed E-state index contributed by atoms with van der Waals surface area (Å²) in [5.74, 6) is -0.882. The first kappa shape index (κ1) is 22.7. The van der Waals surface area contributed by atoms with Crippen LogP contribution in [0.15, 0.2) is 41.3 Å². The van der Waals surface area contributed by atoms with Crippen LogP contribution in [0.25, 0.3) is 0 Å². The predicted octanol–water partition coefficient (Wildman–Crippen LogP) is 1.24. The Kier molecular flexibility index (Phi) is 7.61. The molecule has 0 saturated heterocycles. The number of phenols is 2. The number of nitrogens with zero attached hydrogens (tertiary/aromatic N) is 1. The zero-order valence-electron chi connectivity index (χ0n) is 17.0. The molecule has 1 unspecified atom stereocenters. The van der Waals surface area contributed by atoms with Crippen molar-refractivity contribution in [2.24, 2.45) is 11.5 Å². The molecule has 166 valence electrons. The molecule has 9 nitrogen and oxygen atoms in total. The summed E-state index contributed by atoms with van der Waals surface area (Å²) >= 11 is 1.45. The van der Waals surface area contributed by atoms with Crippen LogP contribution >= 0.6 is 11.9 Å². The number of carbonyl (C=O) groups excluding carboxylic acids is 2. The highest BCUT2D eigenvalue weighted by atomic mass is 32.2. The van der Waals surface area contributed by atoms with E-state index >= 15 is 0 Å². The van der Waals surface area contributed by atoms with Gasteiger partial charge in [0.25, 0.3) is 0 Å². The first-order chi connectivity index (χ1) is 14.8. The van der Waals surface area contributed by atoms with Gasteiger partial charge in [0.2, 0.25) is 11.8 Å². The van der Waals surface area contributed by atoms with E-state index in [-0.39, 0.29) is 23.8 Å². The standard InChI is InChI=1S/C21H27N5O4S/c22-17(10-20(23)29)21(30)25-7-1-6-24-15-3-2-13-11-26(12-14(13)8-15)31-19-5-4-16(27)9-18(19)28/h2-5,8-9,17,24,27-28H,1,6-7,10-12,22H2,(H2,23,29)(H,25,30). The van der Waals surface area contributed by atoms with Gasteiger partial charge in [-0.1, -0.05) is 6.07 Å². The number of phenolic OH excluding ortho intramolecular Hbond substituents is 2. The maximum absolute atomic E-state index is 11.7. The Labute approximate surface area is 184 Å². The van der Waals surface area contributed by atoms with Crippen molar-refractivity contribution in [1.29, 1.82) is 0 Å². The van der Waals surface area contributed by atoms with Gasteiger partial charge in [-0.3, -0.25) is 9.59 Å². The molecule has 0 fully saturated rings. The van der Waals surface area contributed by atoms with Crippen LogP contribution in [0.5, 0.6) is 11.5 Å². The summed E-state index contributed by atoms with van der Waals surface area (Å²) in [6, 6.07) is 9.89. The third kappa shape index (κ3) is 6.51. The molecule has 1 aliphatic heterocycles. The van der Waals surface area contributed by atoms with E-state index < -0.39 is 11.9 Å². The van der Waals surface area contributed by atoms with Crippen molar-refractivity contribution >= 4 is 29.4 Å². The van der Waals surface area contributed by atoms with E-state index in [1.54, 1.807) is 12.1 Å². The molecule has 2 aromatic rings. The van der Waals surface area contributed by atoms with E-state index in [1.165, 1.54) is 29.1 Å². The van der Waals surface area contributed by atoms with E-state index in [0.717, 1.165) is 18.8 Å². The first-order valence-corrected chi connectivity index (χ1v) is 10.7. The fraction of sp³-hybridized carbons (Fsp3) is 0.333. The maximum Gasteiger partial charge on any atom is 0.237 e. The van der Waals surface area contributed by atoms with Gasteiger partial charge in [0.15, 0.2) is 0 Å². The highest BCUT2D eigenvalue weighted by Crippen LogP contribution is 2.38. The van der Waals surface area contributed by atoms with Gasteiger partial charge in [-0.25, -0.2) is 4.31 Å². The second-order valence-electron chi connectivity index (χ2n) is 7.37. The van der Waals surface area contributed by atoms with E-state index in [2.05, 4.69) is 27.1 Å². The van der Waals surface area contributed by atoms with Gasteiger partial charge in [0.05, 0.1) is 17.4 Å². The second-order valence-corrected chi connectivity index (χ2v) is 8.51. The number of aromatic hydroxyl groups is 2. The molecule has 1 heterocycles. The summed E-state index contributed by atoms with van der Waals surface area (Å²) < 4.78 is 2.14. The highest BCUT2D eigenvalue weighted by molar-refractivity contribution is 7.97. The minimum Gasteiger partial charge on any atom is -0.508 e. The normalized spacial score (nSPS) is 14.1. The van der Waals surface area contributed by atoms with Gasteiger partial charge in [-0.2, -0.15) is 0 Å². The summed E-state index contributed by atoms with van der Waals surface area (Å²) in [7, 11) is 0. The number of primary amides is 1. The minimum atomic E-state index is -0.911. The van der Waals surface area contributed by atoms with Gasteiger partial charge in [-0.05, 0) is 53.8 Å². The fourth-order valence-corrected chi connectivity index (χ4v) is 4.20. The molecule has 1 aliphatic rings. The molecule has 3 rings (SSSR count). The molecular formula is C21H27N5O4S. The Hall–Kier alpha value is -2.95. The fourth-order valence-electron chi connectivity index (χ4n) is 3.23. The van der Waals surface area contributed by atoms with E-state index in [1.807, 2.05) is 6.07 Å². The average molecular weight is 446 g/mol. The molecule has 31 heavy (non-hydrogen) atoms. The quantitative estimate of drug-likeness (QED) is 0.236. The zero-order valence-corrected chi connectivity index (χ0v) is 17.8. The number of hydrogen-bond acceptors (Lipinski definition) is 8. The number of rotatable bonds is 10. The Bertz CT molecular complexity index is 955. The molecule has 0 saturated carbocycles. The number of nitrogens with one attached hydrogen (secondary N) is 2. The van der Waals surface area contributed by atoms with Gasteiger partial charge < -0.3 is 32.3 Å². The monoisotopic (exact) mass is 445 g/mol. The van der Waals surface area contributed by atoms with E-state index in [4.69, 9.17) is 11.5 Å². The molecule has 0 bridgehead atoms. The van der Waals surface area contributed by atoms with Crippen molar-refractivity contribution in [3.05, 3.63) is 47.5 Å². The molecule has 0 spiro atoms. The summed E-state index contributed by atoms with van der Waals surface area (Å²) in [6.07, 6.45) is 0.537. The lowest BCUT2D eigenvalue weighted by molar-refractivity contribution is -0.126. The van der Waals surface area contributed by atoms with Gasteiger partial charge >= 0.3 is 0 Å². The number of carbonyl (C=O) groups is 2. The molecule has 0 aromatic heterocycles. The van der Waals surface area contributed by atoms with Gasteiger partial charge in [-0.15, -0.1) is 0 Å². The number of benzene rings is 2. The van der Waals surface area contributed by atoms with Crippen LogP contribution in [0.2, 0.25) is 0 Å². The Balaban J connectivity index is 1.42. The Morgan fingerprint density at radius 3 is 2.61 bits per heavy atom. The van der Waals surface area contributed by atoms with Crippen LogP contribution in [-0.2, 0) is 22.7 Å². The number of anilines is 1. The zero-order chi connectivity index (χ0) is 22.4. The third-order valence-electron chi connectivity index (χ3n) is 4.81. The molecule has 0 radical (unpaired) electrons. The van der Waals surface area contributed by atoms with Gasteiger partial charge in [0, 0.05) is 37.9 Å². The smallest absolute Gasteiger partial charge is 0.237 e. The van der Waals surface area contributed by atoms with Crippen molar-refractivity contribution in [2.75, 3.05) is 18.4 Å². The Morgan fingerprint density at radius 2 is 1.87 bits per heavy atom. The number of nitrogens with two attached hydrogens (primary N) is 2. The van der Waals surface area contributed by atoms with Crippen molar-refractivity contribution < 1.29 is 19.8 Å². The van der Waals surface area contributed by atoms with Crippen LogP contribution in [0.1, 0.15) is 24.0 Å². The largest absolute Gasteiger partial charge is 0.508 e. The van der Waals surface area contributed by atoms with E-state index in [0.29, 0.717) is 24.4 Å². The van der Waals surface area contributed by atoms with Crippen LogP contribution in [0, 0.1) is 0 Å². The maximum atomic E-state index is 11.7. The van der Waals surface area contributed by atoms with Gasteiger partial charge in [0.1, 0.15) is 11.5 Å². The second kappa shape index (κ2) is 10.4. The molecule has 2 aromatic carbocycles.